The average Bonchev–Trinajstić information content (AvgIpc) is 2.66. The number of para-hydroxylation sites is 1. The minimum Gasteiger partial charge on any atom is -0.425 e. The highest BCUT2D eigenvalue weighted by Gasteiger charge is 2.24. The highest BCUT2D eigenvalue weighted by molar-refractivity contribution is 6.03. The highest BCUT2D eigenvalue weighted by atomic mass is 16.5. The fourth-order valence-electron chi connectivity index (χ4n) is 2.50. The van der Waals surface area contributed by atoms with Gasteiger partial charge in [-0.15, -0.1) is 0 Å². The third-order valence-electron chi connectivity index (χ3n) is 4.64. The number of Topliss-reactive ketones (excluding diaryl/α,β-unsaturated/α-hetero) is 1. The second kappa shape index (κ2) is 8.61. The summed E-state index contributed by atoms with van der Waals surface area (Å²) in [4.78, 5) is 25.2. The molecule has 2 atom stereocenters. The van der Waals surface area contributed by atoms with Crippen molar-refractivity contribution in [2.24, 2.45) is 11.8 Å². The highest BCUT2D eigenvalue weighted by Crippen LogP contribution is 2.35. The maximum absolute atomic E-state index is 12.8. The van der Waals surface area contributed by atoms with Crippen molar-refractivity contribution in [2.75, 3.05) is 0 Å². The molecule has 0 aliphatic carbocycles. The van der Waals surface area contributed by atoms with E-state index in [1.54, 1.807) is 6.07 Å². The molecule has 0 heterocycles. The van der Waals surface area contributed by atoms with Crippen LogP contribution >= 0.6 is 0 Å². The van der Waals surface area contributed by atoms with E-state index in [9.17, 15) is 9.59 Å². The SMILES string of the molecule is CCC(C)C(=O)Oc1c(C(=O)C(C)CC)cccc1-c1ccccc1. The van der Waals surface area contributed by atoms with E-state index in [2.05, 4.69) is 0 Å². The van der Waals surface area contributed by atoms with Crippen LogP contribution in [0.1, 0.15) is 50.9 Å². The molecule has 0 aliphatic heterocycles. The molecule has 3 heteroatoms. The summed E-state index contributed by atoms with van der Waals surface area (Å²) in [7, 11) is 0. The topological polar surface area (TPSA) is 43.4 Å². The van der Waals surface area contributed by atoms with Crippen LogP contribution < -0.4 is 4.74 Å². The smallest absolute Gasteiger partial charge is 0.314 e. The Morgan fingerprint density at radius 1 is 0.880 bits per heavy atom. The molecule has 0 aliphatic rings. The van der Waals surface area contributed by atoms with Gasteiger partial charge in [0.2, 0.25) is 0 Å². The Balaban J connectivity index is 2.56. The molecule has 0 saturated carbocycles. The van der Waals surface area contributed by atoms with E-state index in [0.29, 0.717) is 17.7 Å². The van der Waals surface area contributed by atoms with Gasteiger partial charge in [-0.1, -0.05) is 70.2 Å². The van der Waals surface area contributed by atoms with E-state index in [0.717, 1.165) is 17.5 Å². The lowest BCUT2D eigenvalue weighted by molar-refractivity contribution is -0.138. The fraction of sp³-hybridized carbons (Fsp3) is 0.364. The lowest BCUT2D eigenvalue weighted by Gasteiger charge is -2.18. The second-order valence-corrected chi connectivity index (χ2v) is 6.45. The van der Waals surface area contributed by atoms with Crippen LogP contribution in [0.3, 0.4) is 0 Å². The normalized spacial score (nSPS) is 13.1. The van der Waals surface area contributed by atoms with Crippen LogP contribution in [0.2, 0.25) is 0 Å². The molecular formula is C22H26O3. The molecule has 0 spiro atoms. The van der Waals surface area contributed by atoms with E-state index in [1.807, 2.05) is 70.2 Å². The average molecular weight is 338 g/mol. The minimum atomic E-state index is -0.302. The van der Waals surface area contributed by atoms with E-state index in [1.165, 1.54) is 0 Å². The molecule has 0 bridgehead atoms. The summed E-state index contributed by atoms with van der Waals surface area (Å²) in [5, 5.41) is 0. The minimum absolute atomic E-state index is 0.00670. The number of ether oxygens (including phenoxy) is 1. The summed E-state index contributed by atoms with van der Waals surface area (Å²) in [5.74, 6) is -0.247. The Labute approximate surface area is 150 Å². The van der Waals surface area contributed by atoms with Gasteiger partial charge in [0.25, 0.3) is 0 Å². The Morgan fingerprint density at radius 3 is 2.12 bits per heavy atom. The van der Waals surface area contributed by atoms with Crippen LogP contribution in [-0.2, 0) is 4.79 Å². The molecule has 2 unspecified atom stereocenters. The van der Waals surface area contributed by atoms with Gasteiger partial charge in [0.05, 0.1) is 11.5 Å². The van der Waals surface area contributed by atoms with E-state index < -0.39 is 0 Å². The molecule has 2 aromatic carbocycles. The monoisotopic (exact) mass is 338 g/mol. The molecule has 0 N–H and O–H groups in total. The van der Waals surface area contributed by atoms with Crippen molar-refractivity contribution in [1.82, 2.24) is 0 Å². The van der Waals surface area contributed by atoms with Crippen molar-refractivity contribution in [3.05, 3.63) is 54.1 Å². The van der Waals surface area contributed by atoms with Gasteiger partial charge in [-0.2, -0.15) is 0 Å². The van der Waals surface area contributed by atoms with Gasteiger partial charge >= 0.3 is 5.97 Å². The summed E-state index contributed by atoms with van der Waals surface area (Å²) in [6, 6.07) is 15.2. The molecule has 25 heavy (non-hydrogen) atoms. The number of ketones is 1. The number of carbonyl (C=O) groups excluding carboxylic acids is 2. The van der Waals surface area contributed by atoms with Crippen molar-refractivity contribution in [3.63, 3.8) is 0 Å². The maximum Gasteiger partial charge on any atom is 0.314 e. The predicted octanol–water partition coefficient (Wildman–Crippen LogP) is 5.53. The maximum atomic E-state index is 12.8. The number of rotatable bonds is 7. The molecule has 0 fully saturated rings. The lowest BCUT2D eigenvalue weighted by Crippen LogP contribution is -2.20. The number of hydrogen-bond acceptors (Lipinski definition) is 3. The van der Waals surface area contributed by atoms with E-state index in [4.69, 9.17) is 4.74 Å². The molecule has 0 aromatic heterocycles. The van der Waals surface area contributed by atoms with Gasteiger partial charge in [-0.3, -0.25) is 9.59 Å². The Morgan fingerprint density at radius 2 is 1.52 bits per heavy atom. The zero-order valence-electron chi connectivity index (χ0n) is 15.4. The van der Waals surface area contributed by atoms with Crippen LogP contribution in [0.4, 0.5) is 0 Å². The van der Waals surface area contributed by atoms with Gasteiger partial charge in [0, 0.05) is 11.5 Å². The summed E-state index contributed by atoms with van der Waals surface area (Å²) in [6.07, 6.45) is 1.44. The van der Waals surface area contributed by atoms with Crippen LogP contribution in [-0.4, -0.2) is 11.8 Å². The second-order valence-electron chi connectivity index (χ2n) is 6.45. The first-order valence-corrected chi connectivity index (χ1v) is 8.93. The van der Waals surface area contributed by atoms with Crippen molar-refractivity contribution in [1.29, 1.82) is 0 Å². The first-order chi connectivity index (χ1) is 12.0. The van der Waals surface area contributed by atoms with Gasteiger partial charge in [-0.25, -0.2) is 0 Å². The van der Waals surface area contributed by atoms with E-state index >= 15 is 0 Å². The largest absolute Gasteiger partial charge is 0.425 e. The van der Waals surface area contributed by atoms with Gasteiger partial charge in [-0.05, 0) is 24.5 Å². The number of esters is 1. The third kappa shape index (κ3) is 4.36. The third-order valence-corrected chi connectivity index (χ3v) is 4.64. The molecule has 3 nitrogen and oxygen atoms in total. The number of benzene rings is 2. The number of hydrogen-bond donors (Lipinski definition) is 0. The molecule has 2 rings (SSSR count). The van der Waals surface area contributed by atoms with Crippen molar-refractivity contribution in [3.8, 4) is 16.9 Å². The molecule has 0 amide bonds. The first kappa shape index (κ1) is 18.9. The quantitative estimate of drug-likeness (QED) is 0.378. The van der Waals surface area contributed by atoms with Crippen LogP contribution in [0, 0.1) is 11.8 Å². The summed E-state index contributed by atoms with van der Waals surface area (Å²) >= 11 is 0. The summed E-state index contributed by atoms with van der Waals surface area (Å²) in [6.45, 7) is 7.66. The van der Waals surface area contributed by atoms with Crippen molar-refractivity contribution in [2.45, 2.75) is 40.5 Å². The molecule has 0 saturated heterocycles. The zero-order chi connectivity index (χ0) is 18.4. The zero-order valence-corrected chi connectivity index (χ0v) is 15.4. The Kier molecular flexibility index (Phi) is 6.51. The number of carbonyl (C=O) groups is 2. The van der Waals surface area contributed by atoms with Crippen LogP contribution in [0.5, 0.6) is 5.75 Å². The molecule has 0 radical (unpaired) electrons. The summed E-state index contributed by atoms with van der Waals surface area (Å²) < 4.78 is 5.74. The van der Waals surface area contributed by atoms with Crippen molar-refractivity contribution >= 4 is 11.8 Å². The summed E-state index contributed by atoms with van der Waals surface area (Å²) in [5.41, 5.74) is 2.17. The van der Waals surface area contributed by atoms with E-state index in [-0.39, 0.29) is 23.6 Å². The molecular weight excluding hydrogens is 312 g/mol. The molecule has 2 aromatic rings. The van der Waals surface area contributed by atoms with Crippen LogP contribution in [0.25, 0.3) is 11.1 Å². The van der Waals surface area contributed by atoms with Gasteiger partial charge in [0.1, 0.15) is 5.75 Å². The van der Waals surface area contributed by atoms with Crippen LogP contribution in [0.15, 0.2) is 48.5 Å². The Hall–Kier alpha value is -2.42. The predicted molar refractivity (Wildman–Crippen MR) is 101 cm³/mol. The van der Waals surface area contributed by atoms with Gasteiger partial charge in [0.15, 0.2) is 5.78 Å². The fourth-order valence-corrected chi connectivity index (χ4v) is 2.50. The molecule has 132 valence electrons. The lowest BCUT2D eigenvalue weighted by atomic mass is 9.93. The standard InChI is InChI=1S/C22H26O3/c1-5-15(3)20(23)19-14-10-13-18(17-11-8-7-9-12-17)21(19)25-22(24)16(4)6-2/h7-16H,5-6H2,1-4H3. The van der Waals surface area contributed by atoms with Crippen molar-refractivity contribution < 1.29 is 14.3 Å². The Bertz CT molecular complexity index is 734. The first-order valence-electron chi connectivity index (χ1n) is 8.93. The van der Waals surface area contributed by atoms with Gasteiger partial charge < -0.3 is 4.74 Å².